The Bertz CT molecular complexity index is 814. The van der Waals surface area contributed by atoms with Gasteiger partial charge in [-0.05, 0) is 29.8 Å². The average Bonchev–Trinajstić information content (AvgIpc) is 2.55. The number of nitrogens with zero attached hydrogens (tertiary/aromatic N) is 1. The first-order valence-electron chi connectivity index (χ1n) is 6.93. The summed E-state index contributed by atoms with van der Waals surface area (Å²) in [5.41, 5.74) is 1.16. The molecule has 2 aromatic rings. The summed E-state index contributed by atoms with van der Waals surface area (Å²) in [6, 6.07) is 9.89. The van der Waals surface area contributed by atoms with E-state index in [2.05, 4.69) is 15.0 Å². The van der Waals surface area contributed by atoms with Gasteiger partial charge in [-0.3, -0.25) is 9.78 Å². The fourth-order valence-corrected chi connectivity index (χ4v) is 3.22. The van der Waals surface area contributed by atoms with Crippen molar-refractivity contribution < 1.29 is 13.2 Å². The second-order valence-electron chi connectivity index (χ2n) is 4.93. The number of pyridine rings is 1. The number of amides is 1. The first kappa shape index (κ1) is 18.7. The quantitative estimate of drug-likeness (QED) is 0.761. The third-order valence-corrected chi connectivity index (χ3v) is 5.02. The van der Waals surface area contributed by atoms with Crippen LogP contribution in [0.25, 0.3) is 0 Å². The second-order valence-corrected chi connectivity index (χ2v) is 7.55. The van der Waals surface area contributed by atoms with Crippen LogP contribution in [0.2, 0.25) is 10.0 Å². The van der Waals surface area contributed by atoms with Gasteiger partial charge in [-0.2, -0.15) is 0 Å². The van der Waals surface area contributed by atoms with E-state index in [0.717, 1.165) is 0 Å². The Morgan fingerprint density at radius 3 is 2.58 bits per heavy atom. The molecule has 0 aliphatic carbocycles. The maximum Gasteiger partial charge on any atom is 0.235 e. The summed E-state index contributed by atoms with van der Waals surface area (Å²) in [6.45, 7) is -0.120. The van der Waals surface area contributed by atoms with Gasteiger partial charge in [0.15, 0.2) is 0 Å². The standard InChI is InChI=1S/C15H15Cl2N3O3S/c16-13-5-4-11(7-14(13)17)10-24(22,23)20-9-15(21)19-8-12-3-1-2-6-18-12/h1-7,20H,8-10H2,(H,19,21). The van der Waals surface area contributed by atoms with E-state index < -0.39 is 15.9 Å². The van der Waals surface area contributed by atoms with E-state index in [-0.39, 0.29) is 23.9 Å². The van der Waals surface area contributed by atoms with Crippen molar-refractivity contribution in [3.63, 3.8) is 0 Å². The molecule has 0 unspecified atom stereocenters. The van der Waals surface area contributed by atoms with Crippen LogP contribution < -0.4 is 10.0 Å². The minimum atomic E-state index is -3.67. The minimum absolute atomic E-state index is 0.230. The fraction of sp³-hybridized carbons (Fsp3) is 0.200. The molecule has 0 radical (unpaired) electrons. The van der Waals surface area contributed by atoms with E-state index in [0.29, 0.717) is 16.3 Å². The maximum absolute atomic E-state index is 12.0. The van der Waals surface area contributed by atoms with Crippen molar-refractivity contribution >= 4 is 39.1 Å². The van der Waals surface area contributed by atoms with Gasteiger partial charge >= 0.3 is 0 Å². The SMILES string of the molecule is O=C(CNS(=O)(=O)Cc1ccc(Cl)c(Cl)c1)NCc1ccccn1. The van der Waals surface area contributed by atoms with Crippen molar-refractivity contribution in [2.45, 2.75) is 12.3 Å². The van der Waals surface area contributed by atoms with Crippen LogP contribution in [0.5, 0.6) is 0 Å². The number of rotatable bonds is 7. The number of benzene rings is 1. The van der Waals surface area contributed by atoms with Crippen LogP contribution in [0, 0.1) is 0 Å². The highest BCUT2D eigenvalue weighted by atomic mass is 35.5. The van der Waals surface area contributed by atoms with Crippen LogP contribution in [0.15, 0.2) is 42.6 Å². The second kappa shape index (κ2) is 8.43. The van der Waals surface area contributed by atoms with Gasteiger partial charge in [0.2, 0.25) is 15.9 Å². The zero-order valence-electron chi connectivity index (χ0n) is 12.5. The molecule has 2 N–H and O–H groups in total. The third kappa shape index (κ3) is 6.09. The highest BCUT2D eigenvalue weighted by Crippen LogP contribution is 2.23. The molecule has 0 spiro atoms. The summed E-state index contributed by atoms with van der Waals surface area (Å²) in [5.74, 6) is -0.740. The normalized spacial score (nSPS) is 11.2. The molecule has 9 heteroatoms. The summed E-state index contributed by atoms with van der Waals surface area (Å²) in [4.78, 5) is 15.8. The van der Waals surface area contributed by atoms with E-state index in [4.69, 9.17) is 23.2 Å². The Morgan fingerprint density at radius 2 is 1.92 bits per heavy atom. The molecule has 0 aliphatic heterocycles. The largest absolute Gasteiger partial charge is 0.349 e. The van der Waals surface area contributed by atoms with E-state index >= 15 is 0 Å². The zero-order chi connectivity index (χ0) is 17.6. The molecule has 1 aromatic heterocycles. The first-order valence-corrected chi connectivity index (χ1v) is 9.34. The number of carbonyl (C=O) groups excluding carboxylic acids is 1. The van der Waals surface area contributed by atoms with Crippen molar-refractivity contribution in [2.24, 2.45) is 0 Å². The molecular formula is C15H15Cl2N3O3S. The maximum atomic E-state index is 12.0. The summed E-state index contributed by atoms with van der Waals surface area (Å²) in [7, 11) is -3.67. The van der Waals surface area contributed by atoms with Crippen molar-refractivity contribution in [2.75, 3.05) is 6.54 Å². The van der Waals surface area contributed by atoms with Gasteiger partial charge in [0.05, 0.1) is 34.6 Å². The van der Waals surface area contributed by atoms with Crippen LogP contribution in [0.4, 0.5) is 0 Å². The topological polar surface area (TPSA) is 88.2 Å². The molecule has 0 saturated heterocycles. The molecule has 0 aliphatic rings. The van der Waals surface area contributed by atoms with Gasteiger partial charge in [0.25, 0.3) is 0 Å². The smallest absolute Gasteiger partial charge is 0.235 e. The lowest BCUT2D eigenvalue weighted by molar-refractivity contribution is -0.120. The van der Waals surface area contributed by atoms with Crippen LogP contribution in [0.1, 0.15) is 11.3 Å². The molecule has 128 valence electrons. The molecule has 2 rings (SSSR count). The predicted molar refractivity (Wildman–Crippen MR) is 93.2 cm³/mol. The summed E-state index contributed by atoms with van der Waals surface area (Å²) in [5, 5.41) is 3.21. The van der Waals surface area contributed by atoms with Gasteiger partial charge in [-0.25, -0.2) is 13.1 Å². The van der Waals surface area contributed by atoms with E-state index in [1.807, 2.05) is 0 Å². The Labute approximate surface area is 150 Å². The van der Waals surface area contributed by atoms with Crippen LogP contribution >= 0.6 is 23.2 Å². The lowest BCUT2D eigenvalue weighted by Crippen LogP contribution is -2.37. The number of sulfonamides is 1. The number of hydrogen-bond acceptors (Lipinski definition) is 4. The Morgan fingerprint density at radius 1 is 1.12 bits per heavy atom. The van der Waals surface area contributed by atoms with E-state index in [1.165, 1.54) is 12.1 Å². The minimum Gasteiger partial charge on any atom is -0.349 e. The number of halogens is 2. The summed E-state index contributed by atoms with van der Waals surface area (Å²) >= 11 is 11.6. The van der Waals surface area contributed by atoms with Gasteiger partial charge < -0.3 is 5.32 Å². The number of hydrogen-bond donors (Lipinski definition) is 2. The van der Waals surface area contributed by atoms with Gasteiger partial charge in [0.1, 0.15) is 0 Å². The van der Waals surface area contributed by atoms with E-state index in [9.17, 15) is 13.2 Å². The molecule has 0 bridgehead atoms. The van der Waals surface area contributed by atoms with Gasteiger partial charge in [-0.15, -0.1) is 0 Å². The van der Waals surface area contributed by atoms with Crippen LogP contribution in [-0.2, 0) is 27.1 Å². The average molecular weight is 388 g/mol. The van der Waals surface area contributed by atoms with Crippen LogP contribution in [-0.4, -0.2) is 25.9 Å². The highest BCUT2D eigenvalue weighted by Gasteiger charge is 2.14. The molecule has 1 amide bonds. The Hall–Kier alpha value is -1.67. The number of nitrogens with one attached hydrogen (secondary N) is 2. The van der Waals surface area contributed by atoms with Crippen molar-refractivity contribution in [3.05, 3.63) is 63.9 Å². The molecule has 0 atom stereocenters. The number of aromatic nitrogens is 1. The van der Waals surface area contributed by atoms with Crippen molar-refractivity contribution in [3.8, 4) is 0 Å². The molecular weight excluding hydrogens is 373 g/mol. The monoisotopic (exact) mass is 387 g/mol. The molecule has 1 heterocycles. The molecule has 6 nitrogen and oxygen atoms in total. The van der Waals surface area contributed by atoms with E-state index in [1.54, 1.807) is 30.5 Å². The lowest BCUT2D eigenvalue weighted by atomic mass is 10.2. The third-order valence-electron chi connectivity index (χ3n) is 2.99. The lowest BCUT2D eigenvalue weighted by Gasteiger charge is -2.08. The highest BCUT2D eigenvalue weighted by molar-refractivity contribution is 7.88. The molecule has 0 fully saturated rings. The van der Waals surface area contributed by atoms with Gasteiger partial charge in [0, 0.05) is 6.20 Å². The predicted octanol–water partition coefficient (Wildman–Crippen LogP) is 2.12. The Kier molecular flexibility index (Phi) is 6.56. The number of carbonyl (C=O) groups is 1. The van der Waals surface area contributed by atoms with Gasteiger partial charge in [-0.1, -0.05) is 35.3 Å². The summed E-state index contributed by atoms with van der Waals surface area (Å²) < 4.78 is 26.2. The van der Waals surface area contributed by atoms with Crippen molar-refractivity contribution in [1.29, 1.82) is 0 Å². The molecule has 1 aromatic carbocycles. The molecule has 0 saturated carbocycles. The van der Waals surface area contributed by atoms with Crippen molar-refractivity contribution in [1.82, 2.24) is 15.0 Å². The zero-order valence-corrected chi connectivity index (χ0v) is 14.8. The Balaban J connectivity index is 1.83. The fourth-order valence-electron chi connectivity index (χ4n) is 1.83. The van der Waals surface area contributed by atoms with Crippen LogP contribution in [0.3, 0.4) is 0 Å². The molecule has 24 heavy (non-hydrogen) atoms. The first-order chi connectivity index (χ1) is 11.4. The summed E-state index contributed by atoms with van der Waals surface area (Å²) in [6.07, 6.45) is 1.61.